The Morgan fingerprint density at radius 3 is 2.50 bits per heavy atom. The van der Waals surface area contributed by atoms with E-state index >= 15 is 0 Å². The second-order valence-electron chi connectivity index (χ2n) is 5.19. The number of halogens is 1. The molecule has 4 nitrogen and oxygen atoms in total. The number of ether oxygens (including phenoxy) is 2. The van der Waals surface area contributed by atoms with Crippen molar-refractivity contribution < 1.29 is 19.4 Å². The Kier molecular flexibility index (Phi) is 5.88. The first-order chi connectivity index (χ1) is 11.5. The van der Waals surface area contributed by atoms with E-state index in [0.717, 1.165) is 5.56 Å². The maximum absolute atomic E-state index is 11.8. The smallest absolute Gasteiger partial charge is 0.336 e. The van der Waals surface area contributed by atoms with Crippen LogP contribution in [0.15, 0.2) is 36.4 Å². The predicted octanol–water partition coefficient (Wildman–Crippen LogP) is 4.68. The lowest BCUT2D eigenvalue weighted by molar-refractivity contribution is -0.130. The summed E-state index contributed by atoms with van der Waals surface area (Å²) in [6.07, 6.45) is 1.57. The van der Waals surface area contributed by atoms with E-state index in [2.05, 4.69) is 0 Å². The molecule has 0 heterocycles. The molecule has 0 saturated carbocycles. The number of aryl methyl sites for hydroxylation is 1. The molecule has 0 unspecified atom stereocenters. The quantitative estimate of drug-likeness (QED) is 0.609. The van der Waals surface area contributed by atoms with E-state index in [-0.39, 0.29) is 5.57 Å². The van der Waals surface area contributed by atoms with Crippen molar-refractivity contribution in [3.05, 3.63) is 58.1 Å². The number of methoxy groups -OCH3 is 1. The molecule has 0 aromatic heterocycles. The SMILES string of the molecule is CCOc1ccc(/C=C(\C(=O)O)c2cc(C)ccc2OC)cc1Cl. The van der Waals surface area contributed by atoms with Crippen LogP contribution in [0.1, 0.15) is 23.6 Å². The highest BCUT2D eigenvalue weighted by atomic mass is 35.5. The number of aliphatic carboxylic acids is 1. The van der Waals surface area contributed by atoms with Gasteiger partial charge in [-0.25, -0.2) is 4.79 Å². The zero-order valence-corrected chi connectivity index (χ0v) is 14.6. The number of carboxylic acids is 1. The van der Waals surface area contributed by atoms with Crippen LogP contribution in [-0.4, -0.2) is 24.8 Å². The first-order valence-corrected chi connectivity index (χ1v) is 7.86. The molecule has 5 heteroatoms. The molecular formula is C19H19ClO4. The Balaban J connectivity index is 2.52. The van der Waals surface area contributed by atoms with Crippen LogP contribution in [0.3, 0.4) is 0 Å². The Labute approximate surface area is 146 Å². The predicted molar refractivity (Wildman–Crippen MR) is 95.9 cm³/mol. The largest absolute Gasteiger partial charge is 0.496 e. The summed E-state index contributed by atoms with van der Waals surface area (Å²) in [6.45, 7) is 4.28. The van der Waals surface area contributed by atoms with E-state index in [4.69, 9.17) is 21.1 Å². The topological polar surface area (TPSA) is 55.8 Å². The van der Waals surface area contributed by atoms with Crippen molar-refractivity contribution in [2.75, 3.05) is 13.7 Å². The van der Waals surface area contributed by atoms with E-state index in [1.165, 1.54) is 7.11 Å². The number of hydrogen-bond donors (Lipinski definition) is 1. The van der Waals surface area contributed by atoms with Crippen molar-refractivity contribution in [1.29, 1.82) is 0 Å². The van der Waals surface area contributed by atoms with Gasteiger partial charge in [0.2, 0.25) is 0 Å². The van der Waals surface area contributed by atoms with Gasteiger partial charge in [-0.05, 0) is 49.8 Å². The lowest BCUT2D eigenvalue weighted by Gasteiger charge is -2.11. The van der Waals surface area contributed by atoms with E-state index in [1.807, 2.05) is 19.9 Å². The van der Waals surface area contributed by atoms with Crippen LogP contribution in [0.2, 0.25) is 5.02 Å². The molecule has 0 fully saturated rings. The lowest BCUT2D eigenvalue weighted by atomic mass is 10.00. The van der Waals surface area contributed by atoms with E-state index < -0.39 is 5.97 Å². The molecule has 0 amide bonds. The maximum Gasteiger partial charge on any atom is 0.336 e. The first-order valence-electron chi connectivity index (χ1n) is 7.48. The Morgan fingerprint density at radius 2 is 1.92 bits per heavy atom. The molecule has 0 radical (unpaired) electrons. The van der Waals surface area contributed by atoms with Crippen LogP contribution < -0.4 is 9.47 Å². The van der Waals surface area contributed by atoms with Gasteiger partial charge in [-0.3, -0.25) is 0 Å². The van der Waals surface area contributed by atoms with Gasteiger partial charge in [-0.1, -0.05) is 29.3 Å². The molecule has 24 heavy (non-hydrogen) atoms. The molecule has 0 bridgehead atoms. The van der Waals surface area contributed by atoms with Crippen LogP contribution in [0.25, 0.3) is 11.6 Å². The summed E-state index contributed by atoms with van der Waals surface area (Å²) >= 11 is 6.17. The highest BCUT2D eigenvalue weighted by Crippen LogP contribution is 2.31. The molecule has 126 valence electrons. The molecule has 0 aliphatic carbocycles. The monoisotopic (exact) mass is 346 g/mol. The fourth-order valence-electron chi connectivity index (χ4n) is 2.33. The van der Waals surface area contributed by atoms with Crippen molar-refractivity contribution in [3.8, 4) is 11.5 Å². The van der Waals surface area contributed by atoms with Gasteiger partial charge in [0, 0.05) is 5.56 Å². The number of carbonyl (C=O) groups is 1. The number of hydrogen-bond acceptors (Lipinski definition) is 3. The lowest BCUT2D eigenvalue weighted by Crippen LogP contribution is -2.02. The van der Waals surface area contributed by atoms with Gasteiger partial charge < -0.3 is 14.6 Å². The molecule has 0 aliphatic rings. The van der Waals surface area contributed by atoms with Crippen molar-refractivity contribution in [1.82, 2.24) is 0 Å². The van der Waals surface area contributed by atoms with E-state index in [9.17, 15) is 9.90 Å². The summed E-state index contributed by atoms with van der Waals surface area (Å²) in [5.41, 5.74) is 2.28. The molecule has 2 aromatic rings. The Hall–Kier alpha value is -2.46. The number of carboxylic acid groups (broad SMARTS) is 1. The standard InChI is InChI=1S/C19H19ClO4/c1-4-24-18-8-6-13(11-16(18)20)10-15(19(21)22)14-9-12(2)5-7-17(14)23-3/h5-11H,4H2,1-3H3,(H,21,22)/b15-10-. The van der Waals surface area contributed by atoms with Gasteiger partial charge in [-0.2, -0.15) is 0 Å². The molecule has 2 aromatic carbocycles. The van der Waals surface area contributed by atoms with E-state index in [0.29, 0.717) is 34.3 Å². The maximum atomic E-state index is 11.8. The van der Waals surface area contributed by atoms with Crippen molar-refractivity contribution in [2.45, 2.75) is 13.8 Å². The minimum absolute atomic E-state index is 0.135. The number of benzene rings is 2. The highest BCUT2D eigenvalue weighted by Gasteiger charge is 2.16. The fraction of sp³-hybridized carbons (Fsp3) is 0.211. The minimum atomic E-state index is -1.04. The summed E-state index contributed by atoms with van der Waals surface area (Å²) in [5.74, 6) is 0.0384. The summed E-state index contributed by atoms with van der Waals surface area (Å²) in [4.78, 5) is 11.8. The minimum Gasteiger partial charge on any atom is -0.496 e. The average molecular weight is 347 g/mol. The molecule has 0 atom stereocenters. The fourth-order valence-corrected chi connectivity index (χ4v) is 2.58. The summed E-state index contributed by atoms with van der Waals surface area (Å²) in [5, 5.41) is 10.1. The van der Waals surface area contributed by atoms with Gasteiger partial charge in [0.1, 0.15) is 11.5 Å². The normalized spacial score (nSPS) is 11.2. The van der Waals surface area contributed by atoms with Crippen LogP contribution >= 0.6 is 11.6 Å². The van der Waals surface area contributed by atoms with Crippen molar-refractivity contribution in [2.24, 2.45) is 0 Å². The summed E-state index contributed by atoms with van der Waals surface area (Å²) in [6, 6.07) is 10.6. The Bertz CT molecular complexity index is 781. The third kappa shape index (κ3) is 4.09. The number of rotatable bonds is 6. The highest BCUT2D eigenvalue weighted by molar-refractivity contribution is 6.32. The molecule has 0 saturated heterocycles. The first kappa shape index (κ1) is 17.9. The van der Waals surface area contributed by atoms with Gasteiger partial charge in [-0.15, -0.1) is 0 Å². The van der Waals surface area contributed by atoms with Gasteiger partial charge >= 0.3 is 5.97 Å². The van der Waals surface area contributed by atoms with E-state index in [1.54, 1.807) is 36.4 Å². The second-order valence-corrected chi connectivity index (χ2v) is 5.60. The van der Waals surface area contributed by atoms with Crippen LogP contribution in [0, 0.1) is 6.92 Å². The second kappa shape index (κ2) is 7.88. The zero-order valence-electron chi connectivity index (χ0n) is 13.8. The molecular weight excluding hydrogens is 328 g/mol. The molecule has 1 N–H and O–H groups in total. The van der Waals surface area contributed by atoms with Crippen LogP contribution in [0.5, 0.6) is 11.5 Å². The Morgan fingerprint density at radius 1 is 1.21 bits per heavy atom. The molecule has 0 aliphatic heterocycles. The van der Waals surface area contributed by atoms with Crippen LogP contribution in [0.4, 0.5) is 0 Å². The van der Waals surface area contributed by atoms with Crippen molar-refractivity contribution >= 4 is 29.2 Å². The van der Waals surface area contributed by atoms with Gasteiger partial charge in [0.05, 0.1) is 24.3 Å². The third-order valence-corrected chi connectivity index (χ3v) is 3.74. The zero-order chi connectivity index (χ0) is 17.7. The summed E-state index contributed by atoms with van der Waals surface area (Å²) < 4.78 is 10.7. The third-order valence-electron chi connectivity index (χ3n) is 3.44. The average Bonchev–Trinajstić information content (AvgIpc) is 2.55. The van der Waals surface area contributed by atoms with Crippen molar-refractivity contribution in [3.63, 3.8) is 0 Å². The molecule has 2 rings (SSSR count). The molecule has 0 spiro atoms. The van der Waals surface area contributed by atoms with Gasteiger partial charge in [0.15, 0.2) is 0 Å². The summed E-state index contributed by atoms with van der Waals surface area (Å²) in [7, 11) is 1.52. The van der Waals surface area contributed by atoms with Gasteiger partial charge in [0.25, 0.3) is 0 Å². The van der Waals surface area contributed by atoms with Crippen LogP contribution in [-0.2, 0) is 4.79 Å².